The lowest BCUT2D eigenvalue weighted by molar-refractivity contribution is -0.122. The fourth-order valence-corrected chi connectivity index (χ4v) is 7.31. The molecule has 6 rings (SSSR count). The highest BCUT2D eigenvalue weighted by Crippen LogP contribution is 2.34. The summed E-state index contributed by atoms with van der Waals surface area (Å²) in [5.74, 6) is -0.709. The van der Waals surface area contributed by atoms with E-state index in [2.05, 4.69) is 6.07 Å². The highest BCUT2D eigenvalue weighted by atomic mass is 32.2. The SMILES string of the molecule is Cc1ccc2nc(-c3ccc(N4C(=O)CC(N(Cc5ccco5)S(=O)(=O)c5ccccc5)C4=O)cc3)sc2c1. The minimum atomic E-state index is -4.11. The second-order valence-corrected chi connectivity index (χ2v) is 12.2. The van der Waals surface area contributed by atoms with Crippen molar-refractivity contribution in [3.63, 3.8) is 0 Å². The van der Waals surface area contributed by atoms with E-state index in [1.807, 2.05) is 31.2 Å². The van der Waals surface area contributed by atoms with Crippen LogP contribution in [0, 0.1) is 6.92 Å². The molecule has 3 heterocycles. The second-order valence-electron chi connectivity index (χ2n) is 9.27. The number of hydrogen-bond donors (Lipinski definition) is 0. The number of aromatic nitrogens is 1. The van der Waals surface area contributed by atoms with Gasteiger partial charge in [0.1, 0.15) is 16.8 Å². The number of carbonyl (C=O) groups is 2. The van der Waals surface area contributed by atoms with Gasteiger partial charge >= 0.3 is 0 Å². The van der Waals surface area contributed by atoms with E-state index in [1.54, 1.807) is 53.8 Å². The lowest BCUT2D eigenvalue weighted by Gasteiger charge is -2.26. The van der Waals surface area contributed by atoms with Crippen LogP contribution in [0.3, 0.4) is 0 Å². The van der Waals surface area contributed by atoms with Crippen LogP contribution in [-0.4, -0.2) is 35.6 Å². The number of amides is 2. The Morgan fingerprint density at radius 1 is 1.00 bits per heavy atom. The Hall–Kier alpha value is -4.12. The maximum Gasteiger partial charge on any atom is 0.252 e. The third-order valence-electron chi connectivity index (χ3n) is 6.63. The van der Waals surface area contributed by atoms with Crippen LogP contribution < -0.4 is 4.90 Å². The van der Waals surface area contributed by atoms with Crippen molar-refractivity contribution in [1.82, 2.24) is 9.29 Å². The summed E-state index contributed by atoms with van der Waals surface area (Å²) in [5, 5.41) is 0.831. The molecule has 3 aromatic carbocycles. The number of imide groups is 1. The summed E-state index contributed by atoms with van der Waals surface area (Å²) >= 11 is 1.57. The molecule has 0 bridgehead atoms. The summed E-state index contributed by atoms with van der Waals surface area (Å²) in [6, 6.07) is 23.0. The van der Waals surface area contributed by atoms with Gasteiger partial charge in [-0.15, -0.1) is 11.3 Å². The van der Waals surface area contributed by atoms with Crippen molar-refractivity contribution in [3.8, 4) is 10.6 Å². The van der Waals surface area contributed by atoms with E-state index >= 15 is 0 Å². The van der Waals surface area contributed by atoms with Crippen LogP contribution in [0.25, 0.3) is 20.8 Å². The third kappa shape index (κ3) is 4.67. The average Bonchev–Trinajstić information content (AvgIpc) is 3.67. The Bertz CT molecular complexity index is 1780. The number of nitrogens with zero attached hydrogens (tertiary/aromatic N) is 3. The molecule has 39 heavy (non-hydrogen) atoms. The zero-order chi connectivity index (χ0) is 27.1. The lowest BCUT2D eigenvalue weighted by Crippen LogP contribution is -2.45. The Balaban J connectivity index is 1.30. The number of furan rings is 1. The molecular weight excluding hydrogens is 534 g/mol. The molecule has 0 spiro atoms. The van der Waals surface area contributed by atoms with Crippen LogP contribution in [0.5, 0.6) is 0 Å². The van der Waals surface area contributed by atoms with Gasteiger partial charge in [0, 0.05) is 5.56 Å². The van der Waals surface area contributed by atoms with Gasteiger partial charge < -0.3 is 4.42 Å². The van der Waals surface area contributed by atoms with E-state index in [9.17, 15) is 18.0 Å². The molecule has 2 amide bonds. The zero-order valence-electron chi connectivity index (χ0n) is 20.9. The smallest absolute Gasteiger partial charge is 0.252 e. The summed E-state index contributed by atoms with van der Waals surface area (Å²) in [5.41, 5.74) is 3.31. The van der Waals surface area contributed by atoms with Gasteiger partial charge in [-0.2, -0.15) is 4.31 Å². The first-order valence-electron chi connectivity index (χ1n) is 12.2. The molecule has 1 atom stereocenters. The number of benzene rings is 3. The first kappa shape index (κ1) is 25.2. The van der Waals surface area contributed by atoms with Crippen LogP contribution in [0.2, 0.25) is 0 Å². The molecule has 1 fully saturated rings. The minimum absolute atomic E-state index is 0.0330. The number of aryl methyl sites for hydroxylation is 1. The zero-order valence-corrected chi connectivity index (χ0v) is 22.5. The van der Waals surface area contributed by atoms with Gasteiger partial charge in [-0.1, -0.05) is 24.3 Å². The number of thiazole rings is 1. The first-order chi connectivity index (χ1) is 18.8. The van der Waals surface area contributed by atoms with Crippen LogP contribution in [0.1, 0.15) is 17.7 Å². The minimum Gasteiger partial charge on any atom is -0.468 e. The van der Waals surface area contributed by atoms with Crippen molar-refractivity contribution in [3.05, 3.63) is 103 Å². The van der Waals surface area contributed by atoms with E-state index in [1.165, 1.54) is 18.4 Å². The van der Waals surface area contributed by atoms with Gasteiger partial charge in [0.25, 0.3) is 5.91 Å². The van der Waals surface area contributed by atoms with Crippen molar-refractivity contribution in [2.24, 2.45) is 0 Å². The quantitative estimate of drug-likeness (QED) is 0.249. The fraction of sp³-hybridized carbons (Fsp3) is 0.138. The topological polar surface area (TPSA) is 101 Å². The maximum atomic E-state index is 13.6. The van der Waals surface area contributed by atoms with E-state index in [4.69, 9.17) is 9.40 Å². The molecule has 1 aliphatic heterocycles. The molecule has 0 saturated carbocycles. The highest BCUT2D eigenvalue weighted by molar-refractivity contribution is 7.89. The maximum absolute atomic E-state index is 13.6. The molecule has 8 nitrogen and oxygen atoms in total. The summed E-state index contributed by atoms with van der Waals surface area (Å²) < 4.78 is 34.8. The molecule has 196 valence electrons. The summed E-state index contributed by atoms with van der Waals surface area (Å²) in [4.78, 5) is 32.5. The van der Waals surface area contributed by atoms with Crippen molar-refractivity contribution in [2.75, 3.05) is 4.90 Å². The molecule has 1 aliphatic rings. The number of carbonyl (C=O) groups excluding carboxylic acids is 2. The summed E-state index contributed by atoms with van der Waals surface area (Å²) in [6.45, 7) is 1.85. The average molecular weight is 558 g/mol. The van der Waals surface area contributed by atoms with E-state index in [0.717, 1.165) is 35.6 Å². The molecule has 0 aliphatic carbocycles. The number of anilines is 1. The Labute approximate surface area is 229 Å². The normalized spacial score (nSPS) is 16.1. The number of fused-ring (bicyclic) bond motifs is 1. The van der Waals surface area contributed by atoms with E-state index < -0.39 is 27.9 Å². The second kappa shape index (κ2) is 9.88. The fourth-order valence-electron chi connectivity index (χ4n) is 4.67. The largest absolute Gasteiger partial charge is 0.468 e. The molecule has 1 unspecified atom stereocenters. The third-order valence-corrected chi connectivity index (χ3v) is 9.56. The molecule has 10 heteroatoms. The molecule has 5 aromatic rings. The van der Waals surface area contributed by atoms with Gasteiger partial charge in [0.2, 0.25) is 15.9 Å². The predicted molar refractivity (Wildman–Crippen MR) is 149 cm³/mol. The van der Waals surface area contributed by atoms with Crippen molar-refractivity contribution in [2.45, 2.75) is 30.8 Å². The number of sulfonamides is 1. The Morgan fingerprint density at radius 2 is 1.77 bits per heavy atom. The molecule has 0 radical (unpaired) electrons. The van der Waals surface area contributed by atoms with E-state index in [0.29, 0.717) is 11.4 Å². The van der Waals surface area contributed by atoms with Crippen LogP contribution >= 0.6 is 11.3 Å². The first-order valence-corrected chi connectivity index (χ1v) is 14.5. The molecule has 1 saturated heterocycles. The molecular formula is C29H23N3O5S2. The van der Waals surface area contributed by atoms with Crippen molar-refractivity contribution in [1.29, 1.82) is 0 Å². The summed E-state index contributed by atoms with van der Waals surface area (Å²) in [6.07, 6.45) is 1.16. The van der Waals surface area contributed by atoms with Gasteiger partial charge in [-0.3, -0.25) is 9.59 Å². The van der Waals surface area contributed by atoms with Crippen LogP contribution in [0.15, 0.2) is 101 Å². The highest BCUT2D eigenvalue weighted by Gasteiger charge is 2.47. The van der Waals surface area contributed by atoms with Crippen molar-refractivity contribution >= 4 is 49.1 Å². The standard InChI is InChI=1S/C29H23N3O5S2/c1-19-9-14-24-26(16-19)38-28(30-24)20-10-12-21(13-11-20)32-27(33)17-25(29(32)34)31(18-22-6-5-15-37-22)39(35,36)23-7-3-2-4-8-23/h2-16,25H,17-18H2,1H3. The van der Waals surface area contributed by atoms with Gasteiger partial charge in [-0.05, 0) is 73.2 Å². The van der Waals surface area contributed by atoms with E-state index in [-0.39, 0.29) is 17.9 Å². The number of hydrogen-bond acceptors (Lipinski definition) is 7. The summed E-state index contributed by atoms with van der Waals surface area (Å²) in [7, 11) is -4.11. The Morgan fingerprint density at radius 3 is 2.49 bits per heavy atom. The Kier molecular flexibility index (Phi) is 6.38. The monoisotopic (exact) mass is 557 g/mol. The number of rotatable bonds is 7. The van der Waals surface area contributed by atoms with Crippen LogP contribution in [-0.2, 0) is 26.2 Å². The molecule has 0 N–H and O–H groups in total. The predicted octanol–water partition coefficient (Wildman–Crippen LogP) is 5.39. The van der Waals surface area contributed by atoms with Crippen molar-refractivity contribution < 1.29 is 22.4 Å². The van der Waals surface area contributed by atoms with Gasteiger partial charge in [0.05, 0.1) is 40.0 Å². The van der Waals surface area contributed by atoms with Gasteiger partial charge in [-0.25, -0.2) is 18.3 Å². The van der Waals surface area contributed by atoms with Crippen LogP contribution in [0.4, 0.5) is 5.69 Å². The lowest BCUT2D eigenvalue weighted by atomic mass is 10.2. The van der Waals surface area contributed by atoms with Gasteiger partial charge in [0.15, 0.2) is 0 Å². The molecule has 2 aromatic heterocycles.